The fourth-order valence-electron chi connectivity index (χ4n) is 1.30. The fraction of sp³-hybridized carbons (Fsp3) is 0.455. The van der Waals surface area contributed by atoms with Crippen molar-refractivity contribution in [3.8, 4) is 0 Å². The van der Waals surface area contributed by atoms with Gasteiger partial charge >= 0.3 is 0 Å². The lowest BCUT2D eigenvalue weighted by molar-refractivity contribution is 0.647. The van der Waals surface area contributed by atoms with Crippen molar-refractivity contribution in [3.05, 3.63) is 33.8 Å². The van der Waals surface area contributed by atoms with Gasteiger partial charge in [-0.05, 0) is 29.5 Å². The SMILES string of the molecule is CC(C)Cc1ccc(CCl)c(Br)c1. The maximum absolute atomic E-state index is 5.76. The highest BCUT2D eigenvalue weighted by Crippen LogP contribution is 2.21. The van der Waals surface area contributed by atoms with Crippen molar-refractivity contribution in [1.82, 2.24) is 0 Å². The predicted octanol–water partition coefficient (Wildman–Crippen LogP) is 4.39. The Balaban J connectivity index is 2.83. The Bertz CT molecular complexity index is 281. The molecular formula is C11H14BrCl. The molecule has 0 aliphatic carbocycles. The molecule has 1 rings (SSSR count). The van der Waals surface area contributed by atoms with E-state index in [2.05, 4.69) is 48.0 Å². The van der Waals surface area contributed by atoms with Crippen molar-refractivity contribution in [2.75, 3.05) is 0 Å². The van der Waals surface area contributed by atoms with Crippen LogP contribution >= 0.6 is 27.5 Å². The van der Waals surface area contributed by atoms with Crippen molar-refractivity contribution < 1.29 is 0 Å². The third-order valence-electron chi connectivity index (χ3n) is 1.91. The Hall–Kier alpha value is -0.0100. The lowest BCUT2D eigenvalue weighted by Gasteiger charge is -2.07. The largest absolute Gasteiger partial charge is 0.122 e. The summed E-state index contributed by atoms with van der Waals surface area (Å²) in [6.07, 6.45) is 1.13. The van der Waals surface area contributed by atoms with Crippen LogP contribution in [0.2, 0.25) is 0 Å². The molecule has 1 aromatic rings. The Morgan fingerprint density at radius 2 is 2.08 bits per heavy atom. The van der Waals surface area contributed by atoms with Crippen LogP contribution in [-0.4, -0.2) is 0 Å². The zero-order valence-corrected chi connectivity index (χ0v) is 10.3. The molecule has 0 atom stereocenters. The minimum absolute atomic E-state index is 0.572. The predicted molar refractivity (Wildman–Crippen MR) is 62.2 cm³/mol. The summed E-state index contributed by atoms with van der Waals surface area (Å²) < 4.78 is 1.13. The van der Waals surface area contributed by atoms with Crippen molar-refractivity contribution >= 4 is 27.5 Å². The number of benzene rings is 1. The first-order valence-corrected chi connectivity index (χ1v) is 5.79. The summed E-state index contributed by atoms with van der Waals surface area (Å²) in [6, 6.07) is 6.41. The molecule has 0 aromatic heterocycles. The third kappa shape index (κ3) is 3.32. The van der Waals surface area contributed by atoms with Crippen LogP contribution in [-0.2, 0) is 12.3 Å². The van der Waals surface area contributed by atoms with E-state index < -0.39 is 0 Å². The molecule has 0 saturated carbocycles. The number of hydrogen-bond donors (Lipinski definition) is 0. The van der Waals surface area contributed by atoms with Gasteiger partial charge in [-0.3, -0.25) is 0 Å². The van der Waals surface area contributed by atoms with E-state index in [0.717, 1.165) is 16.5 Å². The zero-order valence-electron chi connectivity index (χ0n) is 7.98. The van der Waals surface area contributed by atoms with Gasteiger partial charge in [-0.15, -0.1) is 11.6 Å². The van der Waals surface area contributed by atoms with Gasteiger partial charge in [0.25, 0.3) is 0 Å². The molecule has 13 heavy (non-hydrogen) atoms. The summed E-state index contributed by atoms with van der Waals surface area (Å²) in [6.45, 7) is 4.45. The van der Waals surface area contributed by atoms with Gasteiger partial charge in [0.05, 0.1) is 0 Å². The van der Waals surface area contributed by atoms with Crippen LogP contribution < -0.4 is 0 Å². The molecule has 0 aliphatic rings. The molecule has 0 nitrogen and oxygen atoms in total. The van der Waals surface area contributed by atoms with Crippen LogP contribution in [0, 0.1) is 5.92 Å². The van der Waals surface area contributed by atoms with E-state index in [-0.39, 0.29) is 0 Å². The molecule has 0 amide bonds. The van der Waals surface area contributed by atoms with E-state index >= 15 is 0 Å². The van der Waals surface area contributed by atoms with Gasteiger partial charge in [0.15, 0.2) is 0 Å². The second kappa shape index (κ2) is 5.02. The van der Waals surface area contributed by atoms with E-state index in [4.69, 9.17) is 11.6 Å². The van der Waals surface area contributed by atoms with Gasteiger partial charge in [0.2, 0.25) is 0 Å². The van der Waals surface area contributed by atoms with Gasteiger partial charge < -0.3 is 0 Å². The monoisotopic (exact) mass is 260 g/mol. The molecular weight excluding hydrogens is 247 g/mol. The Labute approximate surface area is 93.4 Å². The normalized spacial score (nSPS) is 10.8. The topological polar surface area (TPSA) is 0 Å². The molecule has 1 aromatic carbocycles. The van der Waals surface area contributed by atoms with Gasteiger partial charge in [-0.2, -0.15) is 0 Å². The van der Waals surface area contributed by atoms with Gasteiger partial charge in [0, 0.05) is 10.4 Å². The van der Waals surface area contributed by atoms with E-state index in [9.17, 15) is 0 Å². The molecule has 0 radical (unpaired) electrons. The molecule has 0 fully saturated rings. The number of rotatable bonds is 3. The number of alkyl halides is 1. The third-order valence-corrected chi connectivity index (χ3v) is 2.93. The van der Waals surface area contributed by atoms with Gasteiger partial charge in [-0.1, -0.05) is 41.9 Å². The molecule has 0 N–H and O–H groups in total. The molecule has 0 heterocycles. The molecule has 0 aliphatic heterocycles. The summed E-state index contributed by atoms with van der Waals surface area (Å²) in [5, 5.41) is 0. The van der Waals surface area contributed by atoms with Crippen LogP contribution in [0.15, 0.2) is 22.7 Å². The number of hydrogen-bond acceptors (Lipinski definition) is 0. The van der Waals surface area contributed by atoms with E-state index in [1.807, 2.05) is 0 Å². The molecule has 0 spiro atoms. The van der Waals surface area contributed by atoms with E-state index in [1.54, 1.807) is 0 Å². The minimum Gasteiger partial charge on any atom is -0.122 e. The Kier molecular flexibility index (Phi) is 4.27. The second-order valence-corrected chi connectivity index (χ2v) is 4.78. The lowest BCUT2D eigenvalue weighted by atomic mass is 10.0. The van der Waals surface area contributed by atoms with Crippen LogP contribution in [0.3, 0.4) is 0 Å². The van der Waals surface area contributed by atoms with Crippen molar-refractivity contribution in [3.63, 3.8) is 0 Å². The highest BCUT2D eigenvalue weighted by Gasteiger charge is 2.02. The summed E-state index contributed by atoms with van der Waals surface area (Å²) in [5.41, 5.74) is 2.53. The smallest absolute Gasteiger partial charge is 0.0485 e. The molecule has 2 heteroatoms. The quantitative estimate of drug-likeness (QED) is 0.708. The van der Waals surface area contributed by atoms with Crippen LogP contribution in [0.25, 0.3) is 0 Å². The molecule has 0 unspecified atom stereocenters. The van der Waals surface area contributed by atoms with Crippen LogP contribution in [0.1, 0.15) is 25.0 Å². The number of halogens is 2. The van der Waals surface area contributed by atoms with Crippen molar-refractivity contribution in [2.45, 2.75) is 26.1 Å². The summed E-state index contributed by atoms with van der Waals surface area (Å²) in [5.74, 6) is 1.27. The maximum Gasteiger partial charge on any atom is 0.0485 e. The first kappa shape index (κ1) is 11.1. The van der Waals surface area contributed by atoms with Gasteiger partial charge in [-0.25, -0.2) is 0 Å². The average molecular weight is 262 g/mol. The van der Waals surface area contributed by atoms with Crippen molar-refractivity contribution in [2.24, 2.45) is 5.92 Å². The molecule has 0 bridgehead atoms. The average Bonchev–Trinajstić information content (AvgIpc) is 2.03. The standard InChI is InChI=1S/C11H14BrCl/c1-8(2)5-9-3-4-10(7-13)11(12)6-9/h3-4,6,8H,5,7H2,1-2H3. The van der Waals surface area contributed by atoms with Gasteiger partial charge in [0.1, 0.15) is 0 Å². The summed E-state index contributed by atoms with van der Waals surface area (Å²) in [4.78, 5) is 0. The Morgan fingerprint density at radius 3 is 2.54 bits per heavy atom. The minimum atomic E-state index is 0.572. The first-order chi connectivity index (χ1) is 6.13. The maximum atomic E-state index is 5.76. The van der Waals surface area contributed by atoms with E-state index in [0.29, 0.717) is 11.8 Å². The second-order valence-electron chi connectivity index (χ2n) is 3.66. The Morgan fingerprint density at radius 1 is 1.38 bits per heavy atom. The highest BCUT2D eigenvalue weighted by molar-refractivity contribution is 9.10. The first-order valence-electron chi connectivity index (χ1n) is 4.46. The van der Waals surface area contributed by atoms with Crippen molar-refractivity contribution in [1.29, 1.82) is 0 Å². The van der Waals surface area contributed by atoms with Crippen LogP contribution in [0.4, 0.5) is 0 Å². The fourth-order valence-corrected chi connectivity index (χ4v) is 2.26. The lowest BCUT2D eigenvalue weighted by Crippen LogP contribution is -1.94. The summed E-state index contributed by atoms with van der Waals surface area (Å²) >= 11 is 9.27. The summed E-state index contributed by atoms with van der Waals surface area (Å²) in [7, 11) is 0. The zero-order chi connectivity index (χ0) is 9.84. The van der Waals surface area contributed by atoms with Crippen LogP contribution in [0.5, 0.6) is 0 Å². The highest BCUT2D eigenvalue weighted by atomic mass is 79.9. The molecule has 72 valence electrons. The van der Waals surface area contributed by atoms with E-state index in [1.165, 1.54) is 5.56 Å². The molecule has 0 saturated heterocycles.